The molecule has 0 radical (unpaired) electrons. The number of rotatable bonds is 4. The average Bonchev–Trinajstić information content (AvgIpc) is 2.47. The first-order valence-corrected chi connectivity index (χ1v) is 8.21. The molecule has 1 amide bonds. The number of carbonyl (C=O) groups excluding carboxylic acids is 1. The van der Waals surface area contributed by atoms with Gasteiger partial charge in [0.2, 0.25) is 0 Å². The molecule has 1 aliphatic heterocycles. The van der Waals surface area contributed by atoms with Crippen molar-refractivity contribution in [3.05, 3.63) is 22.8 Å². The van der Waals surface area contributed by atoms with Gasteiger partial charge in [0, 0.05) is 36.3 Å². The lowest BCUT2D eigenvalue weighted by atomic mass is 10.2. The first-order chi connectivity index (χ1) is 10.1. The maximum absolute atomic E-state index is 12.0. The molecule has 1 aromatic heterocycles. The largest absolute Gasteiger partial charge is 0.449 e. The SMILES string of the molecule is CCCCOC(=O)N1CCN(c2cc(Br)ccn2)C(C)C1. The number of ether oxygens (including phenoxy) is 1. The van der Waals surface area contributed by atoms with E-state index in [0.29, 0.717) is 19.7 Å². The molecule has 0 saturated carbocycles. The lowest BCUT2D eigenvalue weighted by Crippen LogP contribution is -2.54. The fraction of sp³-hybridized carbons (Fsp3) is 0.600. The van der Waals surface area contributed by atoms with Crippen LogP contribution in [0.4, 0.5) is 10.6 Å². The molecule has 1 fully saturated rings. The summed E-state index contributed by atoms with van der Waals surface area (Å²) < 4.78 is 6.29. The van der Waals surface area contributed by atoms with Crippen molar-refractivity contribution in [3.63, 3.8) is 0 Å². The van der Waals surface area contributed by atoms with Crippen molar-refractivity contribution in [3.8, 4) is 0 Å². The zero-order chi connectivity index (χ0) is 15.2. The molecule has 5 nitrogen and oxygen atoms in total. The van der Waals surface area contributed by atoms with Gasteiger partial charge in [0.15, 0.2) is 0 Å². The number of aromatic nitrogens is 1. The number of amides is 1. The van der Waals surface area contributed by atoms with E-state index in [2.05, 4.69) is 39.7 Å². The zero-order valence-corrected chi connectivity index (χ0v) is 14.2. The van der Waals surface area contributed by atoms with Gasteiger partial charge in [0.05, 0.1) is 6.61 Å². The van der Waals surface area contributed by atoms with E-state index in [9.17, 15) is 4.79 Å². The van der Waals surface area contributed by atoms with Crippen LogP contribution in [-0.2, 0) is 4.74 Å². The number of hydrogen-bond acceptors (Lipinski definition) is 4. The van der Waals surface area contributed by atoms with E-state index in [1.54, 1.807) is 11.1 Å². The van der Waals surface area contributed by atoms with E-state index in [1.165, 1.54) is 0 Å². The van der Waals surface area contributed by atoms with Gasteiger partial charge in [-0.05, 0) is 25.5 Å². The Bertz CT molecular complexity index is 484. The van der Waals surface area contributed by atoms with Crippen LogP contribution in [0.3, 0.4) is 0 Å². The molecule has 6 heteroatoms. The highest BCUT2D eigenvalue weighted by atomic mass is 79.9. The van der Waals surface area contributed by atoms with Crippen LogP contribution in [0.5, 0.6) is 0 Å². The third-order valence-electron chi connectivity index (χ3n) is 3.61. The van der Waals surface area contributed by atoms with E-state index in [1.807, 2.05) is 12.1 Å². The van der Waals surface area contributed by atoms with E-state index >= 15 is 0 Å². The van der Waals surface area contributed by atoms with Crippen LogP contribution >= 0.6 is 15.9 Å². The van der Waals surface area contributed by atoms with E-state index < -0.39 is 0 Å². The summed E-state index contributed by atoms with van der Waals surface area (Å²) in [5, 5.41) is 0. The number of hydrogen-bond donors (Lipinski definition) is 0. The van der Waals surface area contributed by atoms with Crippen molar-refractivity contribution in [1.82, 2.24) is 9.88 Å². The van der Waals surface area contributed by atoms with Gasteiger partial charge in [0.25, 0.3) is 0 Å². The van der Waals surface area contributed by atoms with E-state index in [0.717, 1.165) is 29.7 Å². The smallest absolute Gasteiger partial charge is 0.409 e. The maximum Gasteiger partial charge on any atom is 0.409 e. The van der Waals surface area contributed by atoms with Crippen LogP contribution in [0.25, 0.3) is 0 Å². The summed E-state index contributed by atoms with van der Waals surface area (Å²) in [6.07, 6.45) is 3.55. The van der Waals surface area contributed by atoms with E-state index in [-0.39, 0.29) is 12.1 Å². The van der Waals surface area contributed by atoms with Gasteiger partial charge in [-0.2, -0.15) is 0 Å². The van der Waals surface area contributed by atoms with Gasteiger partial charge in [-0.25, -0.2) is 9.78 Å². The molecule has 1 aliphatic rings. The molecular weight excluding hydrogens is 334 g/mol. The number of anilines is 1. The molecule has 2 rings (SSSR count). The Labute approximate surface area is 134 Å². The van der Waals surface area contributed by atoms with Gasteiger partial charge in [-0.3, -0.25) is 0 Å². The minimum atomic E-state index is -0.197. The highest BCUT2D eigenvalue weighted by Gasteiger charge is 2.28. The van der Waals surface area contributed by atoms with Crippen LogP contribution in [0.2, 0.25) is 0 Å². The fourth-order valence-electron chi connectivity index (χ4n) is 2.41. The number of carbonyl (C=O) groups is 1. The molecule has 0 bridgehead atoms. The van der Waals surface area contributed by atoms with Crippen molar-refractivity contribution in [1.29, 1.82) is 0 Å². The summed E-state index contributed by atoms with van der Waals surface area (Å²) in [5.74, 6) is 0.941. The van der Waals surface area contributed by atoms with Crippen LogP contribution < -0.4 is 4.90 Å². The van der Waals surface area contributed by atoms with Gasteiger partial charge in [-0.1, -0.05) is 29.3 Å². The molecule has 2 heterocycles. The van der Waals surface area contributed by atoms with Crippen molar-refractivity contribution < 1.29 is 9.53 Å². The highest BCUT2D eigenvalue weighted by Crippen LogP contribution is 2.21. The van der Waals surface area contributed by atoms with Gasteiger partial charge in [-0.15, -0.1) is 0 Å². The highest BCUT2D eigenvalue weighted by molar-refractivity contribution is 9.10. The Kier molecular flexibility index (Phi) is 5.85. The van der Waals surface area contributed by atoms with Gasteiger partial charge in [0.1, 0.15) is 5.82 Å². The predicted molar refractivity (Wildman–Crippen MR) is 86.6 cm³/mol. The Morgan fingerprint density at radius 3 is 3.00 bits per heavy atom. The number of halogens is 1. The van der Waals surface area contributed by atoms with Crippen molar-refractivity contribution in [2.24, 2.45) is 0 Å². The Morgan fingerprint density at radius 2 is 2.33 bits per heavy atom. The summed E-state index contributed by atoms with van der Waals surface area (Å²) in [4.78, 5) is 20.4. The summed E-state index contributed by atoms with van der Waals surface area (Å²) in [5.41, 5.74) is 0. The Morgan fingerprint density at radius 1 is 1.52 bits per heavy atom. The molecule has 0 aliphatic carbocycles. The second kappa shape index (κ2) is 7.64. The second-order valence-corrected chi connectivity index (χ2v) is 6.20. The minimum absolute atomic E-state index is 0.197. The normalized spacial score (nSPS) is 18.7. The fourth-order valence-corrected chi connectivity index (χ4v) is 2.73. The van der Waals surface area contributed by atoms with Crippen LogP contribution in [0, 0.1) is 0 Å². The van der Waals surface area contributed by atoms with Crippen molar-refractivity contribution in [2.45, 2.75) is 32.7 Å². The molecule has 1 atom stereocenters. The Balaban J connectivity index is 1.91. The minimum Gasteiger partial charge on any atom is -0.449 e. The van der Waals surface area contributed by atoms with Crippen molar-refractivity contribution in [2.75, 3.05) is 31.1 Å². The molecule has 21 heavy (non-hydrogen) atoms. The Hall–Kier alpha value is -1.30. The molecule has 1 unspecified atom stereocenters. The monoisotopic (exact) mass is 355 g/mol. The number of nitrogens with zero attached hydrogens (tertiary/aromatic N) is 3. The van der Waals surface area contributed by atoms with Crippen molar-refractivity contribution >= 4 is 27.8 Å². The molecule has 0 spiro atoms. The van der Waals surface area contributed by atoms with Crippen LogP contribution in [-0.4, -0.2) is 48.3 Å². The quantitative estimate of drug-likeness (QED) is 0.777. The lowest BCUT2D eigenvalue weighted by Gasteiger charge is -2.40. The standard InChI is InChI=1S/C15H22BrN3O2/c1-3-4-9-21-15(20)18-7-8-19(12(2)11-18)14-10-13(16)5-6-17-14/h5-6,10,12H,3-4,7-9,11H2,1-2H3. The number of piperazine rings is 1. The molecular formula is C15H22BrN3O2. The topological polar surface area (TPSA) is 45.7 Å². The summed E-state index contributed by atoms with van der Waals surface area (Å²) in [7, 11) is 0. The third-order valence-corrected chi connectivity index (χ3v) is 4.10. The molecule has 0 aromatic carbocycles. The molecule has 0 N–H and O–H groups in total. The van der Waals surface area contributed by atoms with Crippen LogP contribution in [0.1, 0.15) is 26.7 Å². The number of pyridine rings is 1. The lowest BCUT2D eigenvalue weighted by molar-refractivity contribution is 0.0944. The predicted octanol–water partition coefficient (Wildman–Crippen LogP) is 3.29. The molecule has 1 saturated heterocycles. The maximum atomic E-state index is 12.0. The molecule has 116 valence electrons. The molecule has 1 aromatic rings. The summed E-state index contributed by atoms with van der Waals surface area (Å²) in [6, 6.07) is 4.14. The van der Waals surface area contributed by atoms with Crippen LogP contribution in [0.15, 0.2) is 22.8 Å². The van der Waals surface area contributed by atoms with Gasteiger partial charge < -0.3 is 14.5 Å². The second-order valence-electron chi connectivity index (χ2n) is 5.29. The first kappa shape index (κ1) is 16.1. The number of unbranched alkanes of at least 4 members (excludes halogenated alkanes) is 1. The van der Waals surface area contributed by atoms with Gasteiger partial charge >= 0.3 is 6.09 Å². The summed E-state index contributed by atoms with van der Waals surface area (Å²) >= 11 is 3.47. The first-order valence-electron chi connectivity index (χ1n) is 7.41. The summed E-state index contributed by atoms with van der Waals surface area (Å²) in [6.45, 7) is 6.81. The third kappa shape index (κ3) is 4.33. The van der Waals surface area contributed by atoms with E-state index in [4.69, 9.17) is 4.74 Å². The zero-order valence-electron chi connectivity index (χ0n) is 12.6. The average molecular weight is 356 g/mol.